The van der Waals surface area contributed by atoms with Crippen LogP contribution in [0.1, 0.15) is 37.7 Å². The van der Waals surface area contributed by atoms with Gasteiger partial charge in [-0.15, -0.1) is 0 Å². The zero-order valence-electron chi connectivity index (χ0n) is 15.8. The molecule has 1 fully saturated rings. The van der Waals surface area contributed by atoms with Crippen molar-refractivity contribution in [2.24, 2.45) is 5.92 Å². The highest BCUT2D eigenvalue weighted by Gasteiger charge is 2.36. The third-order valence-electron chi connectivity index (χ3n) is 5.00. The van der Waals surface area contributed by atoms with Gasteiger partial charge in [-0.3, -0.25) is 25.0 Å². The van der Waals surface area contributed by atoms with E-state index in [1.54, 1.807) is 24.3 Å². The first-order valence-corrected chi connectivity index (χ1v) is 9.40. The molecule has 7 nitrogen and oxygen atoms in total. The van der Waals surface area contributed by atoms with Gasteiger partial charge in [0.2, 0.25) is 5.95 Å². The smallest absolute Gasteiger partial charge is 0.262 e. The van der Waals surface area contributed by atoms with Crippen LogP contribution in [0.3, 0.4) is 0 Å². The quantitative estimate of drug-likeness (QED) is 0.507. The molecule has 1 aliphatic carbocycles. The number of aromatic nitrogens is 2. The molecule has 4 rings (SSSR count). The van der Waals surface area contributed by atoms with Crippen LogP contribution in [0.5, 0.6) is 0 Å². The van der Waals surface area contributed by atoms with Gasteiger partial charge in [0, 0.05) is 18.5 Å². The van der Waals surface area contributed by atoms with Gasteiger partial charge >= 0.3 is 0 Å². The maximum absolute atomic E-state index is 12.6. The van der Waals surface area contributed by atoms with Gasteiger partial charge in [0.25, 0.3) is 11.5 Å². The van der Waals surface area contributed by atoms with Crippen LogP contribution in [0.25, 0.3) is 17.0 Å². The number of amides is 1. The Bertz CT molecular complexity index is 1110. The molecule has 1 saturated carbocycles. The summed E-state index contributed by atoms with van der Waals surface area (Å²) in [7, 11) is 0. The van der Waals surface area contributed by atoms with Crippen molar-refractivity contribution in [2.75, 3.05) is 5.43 Å². The van der Waals surface area contributed by atoms with Gasteiger partial charge < -0.3 is 4.42 Å². The van der Waals surface area contributed by atoms with Crippen molar-refractivity contribution >= 4 is 28.8 Å². The number of fused-ring (bicyclic) bond motifs is 1. The van der Waals surface area contributed by atoms with E-state index in [0.29, 0.717) is 35.0 Å². The Balaban J connectivity index is 1.44. The average Bonchev–Trinajstić information content (AvgIpc) is 3.24. The third-order valence-corrected chi connectivity index (χ3v) is 5.00. The van der Waals surface area contributed by atoms with Crippen LogP contribution >= 0.6 is 0 Å². The fraction of sp³-hybridized carbons (Fsp3) is 0.286. The number of nitrogens with one attached hydrogen (secondary N) is 2. The summed E-state index contributed by atoms with van der Waals surface area (Å²) >= 11 is 0. The van der Waals surface area contributed by atoms with Gasteiger partial charge in [0.05, 0.1) is 10.9 Å². The summed E-state index contributed by atoms with van der Waals surface area (Å²) in [6, 6.07) is 10.9. The topological polar surface area (TPSA) is 89.2 Å². The minimum Gasteiger partial charge on any atom is -0.461 e. The molecule has 0 bridgehead atoms. The molecule has 2 unspecified atom stereocenters. The summed E-state index contributed by atoms with van der Waals surface area (Å²) in [6.07, 6.45) is 4.15. The maximum atomic E-state index is 12.6. The number of hydrogen-bond acceptors (Lipinski definition) is 5. The number of anilines is 1. The number of hydrogen-bond donors (Lipinski definition) is 2. The molecule has 1 aromatic carbocycles. The Morgan fingerprint density at radius 1 is 1.32 bits per heavy atom. The standard InChI is InChI=1S/C21H22N4O3/c1-3-25-20(27)15-6-4-5-7-17(15)22-21(25)24-23-19(26)11-9-14-8-10-18(28-14)16-12-13(16)2/h4-11,13,16H,3,12H2,1-2H3,(H,22,24)(H,23,26)/b11-9+. The number of carbonyl (C=O) groups excluding carboxylic acids is 1. The fourth-order valence-corrected chi connectivity index (χ4v) is 3.25. The summed E-state index contributed by atoms with van der Waals surface area (Å²) in [5.74, 6) is 2.69. The number of furan rings is 1. The van der Waals surface area contributed by atoms with Crippen LogP contribution in [-0.2, 0) is 11.3 Å². The van der Waals surface area contributed by atoms with E-state index in [1.807, 2.05) is 25.1 Å². The highest BCUT2D eigenvalue weighted by molar-refractivity contribution is 5.92. The van der Waals surface area contributed by atoms with Gasteiger partial charge in [0.15, 0.2) is 0 Å². The van der Waals surface area contributed by atoms with Crippen LogP contribution in [0.4, 0.5) is 5.95 Å². The van der Waals surface area contributed by atoms with Gasteiger partial charge in [-0.2, -0.15) is 0 Å². The Hall–Kier alpha value is -3.35. The van der Waals surface area contributed by atoms with E-state index >= 15 is 0 Å². The van der Waals surface area contributed by atoms with E-state index in [-0.39, 0.29) is 17.4 Å². The molecule has 7 heteroatoms. The molecule has 1 amide bonds. The van der Waals surface area contributed by atoms with Crippen molar-refractivity contribution in [3.63, 3.8) is 0 Å². The zero-order valence-corrected chi connectivity index (χ0v) is 15.8. The molecule has 1 aliphatic rings. The summed E-state index contributed by atoms with van der Waals surface area (Å²) < 4.78 is 7.22. The molecular formula is C21H22N4O3. The second kappa shape index (κ2) is 7.34. The van der Waals surface area contributed by atoms with Crippen LogP contribution in [0.2, 0.25) is 0 Å². The Kier molecular flexibility index (Phi) is 4.73. The molecule has 0 spiro atoms. The minimum absolute atomic E-state index is 0.155. The molecule has 2 heterocycles. The Morgan fingerprint density at radius 3 is 2.86 bits per heavy atom. The summed E-state index contributed by atoms with van der Waals surface area (Å²) in [5, 5.41) is 0.541. The van der Waals surface area contributed by atoms with E-state index in [0.717, 1.165) is 12.2 Å². The van der Waals surface area contributed by atoms with Crippen LogP contribution in [0.15, 0.2) is 51.7 Å². The zero-order chi connectivity index (χ0) is 19.7. The summed E-state index contributed by atoms with van der Waals surface area (Å²) in [5.41, 5.74) is 5.70. The summed E-state index contributed by atoms with van der Waals surface area (Å²) in [4.78, 5) is 29.1. The molecule has 2 N–H and O–H groups in total. The van der Waals surface area contributed by atoms with E-state index in [4.69, 9.17) is 4.42 Å². The lowest BCUT2D eigenvalue weighted by atomic mass is 10.2. The van der Waals surface area contributed by atoms with Crippen molar-refractivity contribution in [2.45, 2.75) is 32.7 Å². The van der Waals surface area contributed by atoms with E-state index in [1.165, 1.54) is 10.6 Å². The van der Waals surface area contributed by atoms with Gasteiger partial charge in [-0.25, -0.2) is 4.98 Å². The Labute approximate surface area is 162 Å². The SMILES string of the molecule is CCn1c(NNC(=O)/C=C/c2ccc(C3CC3C)o2)nc2ccccc2c1=O. The average molecular weight is 378 g/mol. The number of carbonyl (C=O) groups is 1. The van der Waals surface area contributed by atoms with Gasteiger partial charge in [0.1, 0.15) is 11.5 Å². The van der Waals surface area contributed by atoms with Crippen molar-refractivity contribution in [3.05, 3.63) is 64.3 Å². The van der Waals surface area contributed by atoms with Gasteiger partial charge in [-0.1, -0.05) is 19.1 Å². The molecular weight excluding hydrogens is 356 g/mol. The van der Waals surface area contributed by atoms with Crippen LogP contribution < -0.4 is 16.4 Å². The van der Waals surface area contributed by atoms with Crippen LogP contribution in [-0.4, -0.2) is 15.5 Å². The highest BCUT2D eigenvalue weighted by Crippen LogP contribution is 2.47. The van der Waals surface area contributed by atoms with Crippen molar-refractivity contribution in [3.8, 4) is 0 Å². The highest BCUT2D eigenvalue weighted by atomic mass is 16.3. The van der Waals surface area contributed by atoms with E-state index < -0.39 is 0 Å². The molecule has 3 aromatic rings. The molecule has 2 aromatic heterocycles. The first-order chi connectivity index (χ1) is 13.6. The normalized spacial score (nSPS) is 18.5. The van der Waals surface area contributed by atoms with E-state index in [2.05, 4.69) is 22.8 Å². The second-order valence-electron chi connectivity index (χ2n) is 7.01. The number of benzene rings is 1. The van der Waals surface area contributed by atoms with Crippen molar-refractivity contribution in [1.29, 1.82) is 0 Å². The Morgan fingerprint density at radius 2 is 2.11 bits per heavy atom. The number of rotatable bonds is 6. The monoisotopic (exact) mass is 378 g/mol. The molecule has 2 atom stereocenters. The lowest BCUT2D eigenvalue weighted by Crippen LogP contribution is -2.33. The second-order valence-corrected chi connectivity index (χ2v) is 7.01. The number of hydrazine groups is 1. The number of para-hydroxylation sites is 1. The van der Waals surface area contributed by atoms with Crippen LogP contribution in [0, 0.1) is 5.92 Å². The lowest BCUT2D eigenvalue weighted by Gasteiger charge is -2.13. The maximum Gasteiger partial charge on any atom is 0.262 e. The predicted molar refractivity (Wildman–Crippen MR) is 108 cm³/mol. The van der Waals surface area contributed by atoms with E-state index in [9.17, 15) is 9.59 Å². The summed E-state index contributed by atoms with van der Waals surface area (Å²) in [6.45, 7) is 4.47. The lowest BCUT2D eigenvalue weighted by molar-refractivity contribution is -0.116. The van der Waals surface area contributed by atoms with Crippen molar-refractivity contribution < 1.29 is 9.21 Å². The van der Waals surface area contributed by atoms with Crippen molar-refractivity contribution in [1.82, 2.24) is 15.0 Å². The first kappa shape index (κ1) is 18.0. The third kappa shape index (κ3) is 3.55. The molecule has 0 aliphatic heterocycles. The predicted octanol–water partition coefficient (Wildman–Crippen LogP) is 3.29. The molecule has 0 radical (unpaired) electrons. The number of nitrogens with zero attached hydrogens (tertiary/aromatic N) is 2. The molecule has 144 valence electrons. The largest absolute Gasteiger partial charge is 0.461 e. The molecule has 0 saturated heterocycles. The minimum atomic E-state index is -0.372. The van der Waals surface area contributed by atoms with Gasteiger partial charge in [-0.05, 0) is 49.6 Å². The first-order valence-electron chi connectivity index (χ1n) is 9.40. The fourth-order valence-electron chi connectivity index (χ4n) is 3.25. The molecule has 28 heavy (non-hydrogen) atoms.